The molecule has 0 bridgehead atoms. The van der Waals surface area contributed by atoms with E-state index in [-0.39, 0.29) is 24.2 Å². The van der Waals surface area contributed by atoms with Crippen LogP contribution in [0.2, 0.25) is 0 Å². The first-order valence-corrected chi connectivity index (χ1v) is 11.9. The van der Waals surface area contributed by atoms with Gasteiger partial charge in [0.2, 0.25) is 15.9 Å². The van der Waals surface area contributed by atoms with Crippen LogP contribution in [0.1, 0.15) is 57.8 Å². The molecule has 1 aliphatic carbocycles. The Balaban J connectivity index is 0.00000261. The monoisotopic (exact) mass is 421 g/mol. The Bertz CT molecular complexity index is 573. The van der Waals surface area contributed by atoms with E-state index in [1.54, 1.807) is 4.31 Å². The van der Waals surface area contributed by atoms with E-state index >= 15 is 0 Å². The summed E-state index contributed by atoms with van der Waals surface area (Å²) in [5, 5.41) is 2.77. The molecule has 0 aromatic carbocycles. The smallest absolute Gasteiger partial charge is 0.225 e. The van der Waals surface area contributed by atoms with Crippen molar-refractivity contribution in [3.05, 3.63) is 0 Å². The summed E-state index contributed by atoms with van der Waals surface area (Å²) in [4.78, 5) is 14.6. The maximum absolute atomic E-state index is 13.1. The van der Waals surface area contributed by atoms with Gasteiger partial charge in [0.15, 0.2) is 0 Å². The van der Waals surface area contributed by atoms with E-state index < -0.39 is 15.3 Å². The van der Waals surface area contributed by atoms with Crippen LogP contribution in [0.15, 0.2) is 0 Å². The van der Waals surface area contributed by atoms with Gasteiger partial charge in [-0.2, -0.15) is 0 Å². The van der Waals surface area contributed by atoms with Gasteiger partial charge in [-0.15, -0.1) is 12.4 Å². The quantitative estimate of drug-likeness (QED) is 0.714. The number of carbonyl (C=O) groups excluding carboxylic acids is 1. The summed E-state index contributed by atoms with van der Waals surface area (Å²) in [6.45, 7) is 3.41. The maximum atomic E-state index is 13.1. The molecule has 2 heterocycles. The number of sulfonamides is 1. The van der Waals surface area contributed by atoms with Gasteiger partial charge in [0.25, 0.3) is 0 Å². The van der Waals surface area contributed by atoms with Crippen LogP contribution in [0.4, 0.5) is 0 Å². The summed E-state index contributed by atoms with van der Waals surface area (Å²) in [5.41, 5.74) is 0. The van der Waals surface area contributed by atoms with E-state index in [0.29, 0.717) is 32.0 Å². The Morgan fingerprint density at radius 2 is 1.67 bits per heavy atom. The normalized spacial score (nSPS) is 26.1. The largest absolute Gasteiger partial charge is 0.341 e. The molecule has 1 atom stereocenters. The Kier molecular flexibility index (Phi) is 8.84. The predicted molar refractivity (Wildman–Crippen MR) is 111 cm³/mol. The van der Waals surface area contributed by atoms with Crippen molar-refractivity contribution in [1.29, 1.82) is 0 Å². The van der Waals surface area contributed by atoms with Crippen molar-refractivity contribution in [2.75, 3.05) is 39.8 Å². The van der Waals surface area contributed by atoms with Crippen LogP contribution in [-0.4, -0.2) is 68.6 Å². The van der Waals surface area contributed by atoms with E-state index in [1.807, 2.05) is 11.9 Å². The second-order valence-corrected chi connectivity index (χ2v) is 10.5. The fourth-order valence-corrected chi connectivity index (χ4v) is 6.80. The number of likely N-dealkylation sites (tertiary alicyclic amines) is 1. The van der Waals surface area contributed by atoms with E-state index in [4.69, 9.17) is 0 Å². The fraction of sp³-hybridized carbons (Fsp3) is 0.947. The van der Waals surface area contributed by atoms with E-state index in [2.05, 4.69) is 5.32 Å². The molecule has 2 saturated heterocycles. The lowest BCUT2D eigenvalue weighted by Crippen LogP contribution is -2.52. The molecular weight excluding hydrogens is 386 g/mol. The third-order valence-corrected chi connectivity index (χ3v) is 8.86. The number of halogens is 1. The van der Waals surface area contributed by atoms with Crippen LogP contribution < -0.4 is 5.32 Å². The van der Waals surface area contributed by atoms with Crippen molar-refractivity contribution in [2.45, 2.75) is 63.0 Å². The minimum atomic E-state index is -3.30. The highest BCUT2D eigenvalue weighted by Gasteiger charge is 2.39. The molecule has 0 radical (unpaired) electrons. The summed E-state index contributed by atoms with van der Waals surface area (Å²) in [7, 11) is -1.34. The number of amides is 1. The van der Waals surface area contributed by atoms with Crippen LogP contribution in [0, 0.1) is 11.8 Å². The standard InChI is InChI=1S/C19H35N3O3S.ClH/c1-20-11-8-16-9-13-22(14-10-16)26(24,25)18-7-4-12-21(15-18)19(23)17-5-2-3-6-17;/h16-18,20H,2-15H2,1H3;1H. The molecule has 1 unspecified atom stereocenters. The molecule has 1 saturated carbocycles. The SMILES string of the molecule is CNCCC1CCN(S(=O)(=O)C2CCCN(C(=O)C3CCCC3)C2)CC1.Cl. The molecule has 0 aromatic rings. The highest BCUT2D eigenvalue weighted by molar-refractivity contribution is 7.89. The van der Waals surface area contributed by atoms with Crippen molar-refractivity contribution in [3.63, 3.8) is 0 Å². The summed E-state index contributed by atoms with van der Waals surface area (Å²) >= 11 is 0. The van der Waals surface area contributed by atoms with Gasteiger partial charge in [-0.1, -0.05) is 12.8 Å². The molecule has 0 aromatic heterocycles. The lowest BCUT2D eigenvalue weighted by molar-refractivity contribution is -0.136. The van der Waals surface area contributed by atoms with Crippen LogP contribution in [0.3, 0.4) is 0 Å². The zero-order chi connectivity index (χ0) is 18.6. The van der Waals surface area contributed by atoms with Gasteiger partial charge in [-0.05, 0) is 64.5 Å². The van der Waals surface area contributed by atoms with Gasteiger partial charge < -0.3 is 10.2 Å². The predicted octanol–water partition coefficient (Wildman–Crippen LogP) is 2.24. The third kappa shape index (κ3) is 5.58. The molecule has 27 heavy (non-hydrogen) atoms. The van der Waals surface area contributed by atoms with Crippen molar-refractivity contribution < 1.29 is 13.2 Å². The van der Waals surface area contributed by atoms with Gasteiger partial charge in [0.05, 0.1) is 5.25 Å². The van der Waals surface area contributed by atoms with Crippen LogP contribution >= 0.6 is 12.4 Å². The molecular formula is C19H36ClN3O3S. The third-order valence-electron chi connectivity index (χ3n) is 6.55. The average molecular weight is 422 g/mol. The molecule has 6 nitrogen and oxygen atoms in total. The second kappa shape index (κ2) is 10.4. The lowest BCUT2D eigenvalue weighted by Gasteiger charge is -2.38. The Morgan fingerprint density at radius 1 is 1.00 bits per heavy atom. The zero-order valence-corrected chi connectivity index (χ0v) is 18.2. The number of hydrogen-bond donors (Lipinski definition) is 1. The van der Waals surface area contributed by atoms with Gasteiger partial charge in [0.1, 0.15) is 0 Å². The molecule has 8 heteroatoms. The highest BCUT2D eigenvalue weighted by Crippen LogP contribution is 2.30. The van der Waals surface area contributed by atoms with Gasteiger partial charge in [-0.3, -0.25) is 4.79 Å². The summed E-state index contributed by atoms with van der Waals surface area (Å²) < 4.78 is 28.0. The number of nitrogens with zero attached hydrogens (tertiary/aromatic N) is 2. The van der Waals surface area contributed by atoms with Crippen LogP contribution in [0.25, 0.3) is 0 Å². The molecule has 158 valence electrons. The topological polar surface area (TPSA) is 69.7 Å². The van der Waals surface area contributed by atoms with Crippen LogP contribution in [-0.2, 0) is 14.8 Å². The highest BCUT2D eigenvalue weighted by atomic mass is 35.5. The summed E-state index contributed by atoms with van der Waals surface area (Å²) in [6.07, 6.45) is 8.76. The summed E-state index contributed by atoms with van der Waals surface area (Å²) in [6, 6.07) is 0. The number of piperidine rings is 2. The van der Waals surface area contributed by atoms with Gasteiger partial charge >= 0.3 is 0 Å². The molecule has 1 amide bonds. The number of carbonyl (C=O) groups is 1. The molecule has 1 N–H and O–H groups in total. The van der Waals surface area contributed by atoms with Crippen molar-refractivity contribution >= 4 is 28.3 Å². The Labute approximate surface area is 170 Å². The van der Waals surface area contributed by atoms with E-state index in [0.717, 1.165) is 64.5 Å². The first-order chi connectivity index (χ1) is 12.5. The number of rotatable bonds is 6. The van der Waals surface area contributed by atoms with Crippen molar-refractivity contribution in [3.8, 4) is 0 Å². The number of hydrogen-bond acceptors (Lipinski definition) is 4. The minimum absolute atomic E-state index is 0. The first kappa shape index (κ1) is 22.9. The van der Waals surface area contributed by atoms with Gasteiger partial charge in [-0.25, -0.2) is 12.7 Å². The molecule has 2 aliphatic heterocycles. The minimum Gasteiger partial charge on any atom is -0.341 e. The molecule has 3 rings (SSSR count). The van der Waals surface area contributed by atoms with Crippen LogP contribution in [0.5, 0.6) is 0 Å². The van der Waals surface area contributed by atoms with Gasteiger partial charge in [0, 0.05) is 32.1 Å². The Hall–Kier alpha value is -0.370. The molecule has 3 aliphatic rings. The zero-order valence-electron chi connectivity index (χ0n) is 16.6. The maximum Gasteiger partial charge on any atom is 0.225 e. The van der Waals surface area contributed by atoms with E-state index in [1.165, 1.54) is 0 Å². The lowest BCUT2D eigenvalue weighted by atomic mass is 9.95. The molecule has 3 fully saturated rings. The number of nitrogens with one attached hydrogen (secondary N) is 1. The van der Waals surface area contributed by atoms with E-state index in [9.17, 15) is 13.2 Å². The summed E-state index contributed by atoms with van der Waals surface area (Å²) in [5.74, 6) is 0.966. The van der Waals surface area contributed by atoms with Crippen molar-refractivity contribution in [2.24, 2.45) is 11.8 Å². The average Bonchev–Trinajstić information content (AvgIpc) is 3.21. The first-order valence-electron chi connectivity index (χ1n) is 10.4. The second-order valence-electron chi connectivity index (χ2n) is 8.31. The fourth-order valence-electron chi connectivity index (χ4n) is 4.82. The Morgan fingerprint density at radius 3 is 2.30 bits per heavy atom. The van der Waals surface area contributed by atoms with Crippen molar-refractivity contribution in [1.82, 2.24) is 14.5 Å². The molecule has 0 spiro atoms.